The molecule has 0 unspecified atom stereocenters. The van der Waals surface area contributed by atoms with Crippen LogP contribution >= 0.6 is 0 Å². The molecule has 0 aliphatic carbocycles. The van der Waals surface area contributed by atoms with Gasteiger partial charge in [0.1, 0.15) is 50.4 Å². The molecule has 7 aromatic carbocycles. The topological polar surface area (TPSA) is 56.7 Å². The number of hydrogen-bond acceptors (Lipinski definition) is 4. The van der Waals surface area contributed by atoms with Crippen molar-refractivity contribution in [2.45, 2.75) is 0 Å². The molecule has 55 heavy (non-hydrogen) atoms. The second-order valence-electron chi connectivity index (χ2n) is 13.6. The summed E-state index contributed by atoms with van der Waals surface area (Å²) in [6, 6.07) is 47.5. The summed E-state index contributed by atoms with van der Waals surface area (Å²) in [5, 5.41) is 4.32. The Morgan fingerprint density at radius 2 is 0.909 bits per heavy atom. The molecule has 0 saturated carbocycles. The molecular formula is C45H23B5N4O. The molecule has 10 heteroatoms. The van der Waals surface area contributed by atoms with Crippen LogP contribution in [-0.4, -0.2) is 58.8 Å². The normalized spacial score (nSPS) is 11.6. The van der Waals surface area contributed by atoms with E-state index in [9.17, 15) is 0 Å². The number of hydrogen-bond donors (Lipinski definition) is 0. The van der Waals surface area contributed by atoms with Gasteiger partial charge in [0.15, 0.2) is 17.5 Å². The van der Waals surface area contributed by atoms with Crippen molar-refractivity contribution in [2.75, 3.05) is 0 Å². The summed E-state index contributed by atoms with van der Waals surface area (Å²) in [5.74, 6) is 1.02. The third-order valence-corrected chi connectivity index (χ3v) is 10.3. The van der Waals surface area contributed by atoms with Gasteiger partial charge >= 0.3 is 0 Å². The smallest absolute Gasteiger partial charge is 0.164 e. The van der Waals surface area contributed by atoms with Gasteiger partial charge < -0.3 is 8.98 Å². The first-order valence-corrected chi connectivity index (χ1v) is 17.7. The summed E-state index contributed by atoms with van der Waals surface area (Å²) in [4.78, 5) is 14.5. The fourth-order valence-electron chi connectivity index (χ4n) is 7.53. The Labute approximate surface area is 323 Å². The third-order valence-electron chi connectivity index (χ3n) is 10.3. The molecule has 5 nitrogen and oxygen atoms in total. The fraction of sp³-hybridized carbons (Fsp3) is 0. The predicted octanol–water partition coefficient (Wildman–Crippen LogP) is 5.51. The van der Waals surface area contributed by atoms with Crippen LogP contribution in [0.2, 0.25) is 0 Å². The molecule has 0 N–H and O–H groups in total. The second-order valence-corrected chi connectivity index (χ2v) is 13.6. The van der Waals surface area contributed by atoms with Crippen LogP contribution in [0.5, 0.6) is 0 Å². The van der Waals surface area contributed by atoms with Gasteiger partial charge in [0, 0.05) is 50.0 Å². The second kappa shape index (κ2) is 12.8. The molecule has 3 aromatic heterocycles. The van der Waals surface area contributed by atoms with E-state index in [1.54, 1.807) is 0 Å². The summed E-state index contributed by atoms with van der Waals surface area (Å²) >= 11 is 0. The molecule has 0 amide bonds. The van der Waals surface area contributed by atoms with Gasteiger partial charge in [-0.2, -0.15) is 0 Å². The number of furan rings is 1. The average molecular weight is 690 g/mol. The minimum Gasteiger partial charge on any atom is -0.456 e. The van der Waals surface area contributed by atoms with Crippen molar-refractivity contribution in [3.63, 3.8) is 0 Å². The lowest BCUT2D eigenvalue weighted by Gasteiger charge is -2.20. The van der Waals surface area contributed by atoms with Crippen LogP contribution in [0.4, 0.5) is 0 Å². The van der Waals surface area contributed by atoms with Gasteiger partial charge in [-0.15, -0.1) is 16.4 Å². The van der Waals surface area contributed by atoms with Gasteiger partial charge in [0.05, 0.1) is 11.0 Å². The third kappa shape index (κ3) is 5.35. The maximum atomic E-state index is 6.61. The van der Waals surface area contributed by atoms with Gasteiger partial charge in [0.2, 0.25) is 0 Å². The summed E-state index contributed by atoms with van der Waals surface area (Å²) in [7, 11) is 31.5. The summed E-state index contributed by atoms with van der Waals surface area (Å²) in [6.07, 6.45) is 0. The van der Waals surface area contributed by atoms with Crippen LogP contribution in [0.3, 0.4) is 0 Å². The molecule has 10 rings (SSSR count). The Bertz CT molecular complexity index is 3130. The van der Waals surface area contributed by atoms with Crippen molar-refractivity contribution >= 4 is 110 Å². The van der Waals surface area contributed by atoms with Gasteiger partial charge in [0.25, 0.3) is 0 Å². The summed E-state index contributed by atoms with van der Waals surface area (Å²) in [5.41, 5.74) is 9.39. The van der Waals surface area contributed by atoms with E-state index in [1.807, 2.05) is 54.6 Å². The SMILES string of the molecule is [B]c1c([B])c([B])c(-c2nc(-c3ccccc3)nc(-c3ccc4c(c3)oc3cc(-n5c6ccccc6c6ccc(-c7ccccc7)cc65)ccc34)n2)c([B])c1[B]. The Morgan fingerprint density at radius 3 is 1.64 bits per heavy atom. The van der Waals surface area contributed by atoms with Crippen molar-refractivity contribution in [1.29, 1.82) is 0 Å². The Morgan fingerprint density at radius 1 is 0.382 bits per heavy atom. The van der Waals surface area contributed by atoms with Crippen LogP contribution in [0.15, 0.2) is 144 Å². The van der Waals surface area contributed by atoms with Gasteiger partial charge in [-0.3, -0.25) is 0 Å². The zero-order valence-corrected chi connectivity index (χ0v) is 29.4. The fourth-order valence-corrected chi connectivity index (χ4v) is 7.53. The van der Waals surface area contributed by atoms with Crippen molar-refractivity contribution in [3.8, 4) is 51.0 Å². The van der Waals surface area contributed by atoms with E-state index >= 15 is 0 Å². The first kappa shape index (κ1) is 33.1. The minimum atomic E-state index is 0.116. The predicted molar refractivity (Wildman–Crippen MR) is 230 cm³/mol. The molecule has 0 aliphatic heterocycles. The highest BCUT2D eigenvalue weighted by molar-refractivity contribution is 6.68. The highest BCUT2D eigenvalue weighted by Gasteiger charge is 2.20. The lowest BCUT2D eigenvalue weighted by Crippen LogP contribution is -2.55. The highest BCUT2D eigenvalue weighted by atomic mass is 16.3. The largest absolute Gasteiger partial charge is 0.456 e. The van der Waals surface area contributed by atoms with Crippen LogP contribution in [0.1, 0.15) is 0 Å². The van der Waals surface area contributed by atoms with Gasteiger partial charge in [-0.05, 0) is 47.5 Å². The number of aromatic nitrogens is 4. The van der Waals surface area contributed by atoms with E-state index in [0.717, 1.165) is 44.2 Å². The van der Waals surface area contributed by atoms with Crippen LogP contribution in [0, 0.1) is 0 Å². The molecule has 10 radical (unpaired) electrons. The van der Waals surface area contributed by atoms with Crippen LogP contribution in [0.25, 0.3) is 94.7 Å². The molecule has 0 bridgehead atoms. The Kier molecular flexibility index (Phi) is 7.70. The maximum Gasteiger partial charge on any atom is 0.164 e. The van der Waals surface area contributed by atoms with E-state index < -0.39 is 0 Å². The van der Waals surface area contributed by atoms with Crippen molar-refractivity contribution < 1.29 is 4.42 Å². The van der Waals surface area contributed by atoms with E-state index in [4.69, 9.17) is 58.6 Å². The number of para-hydroxylation sites is 1. The number of rotatable bonds is 5. The van der Waals surface area contributed by atoms with Crippen LogP contribution in [-0.2, 0) is 0 Å². The number of benzene rings is 7. The quantitative estimate of drug-likeness (QED) is 0.224. The molecule has 0 saturated heterocycles. The molecule has 0 spiro atoms. The molecular weight excluding hydrogens is 667 g/mol. The number of fused-ring (bicyclic) bond motifs is 6. The zero-order chi connectivity index (χ0) is 37.4. The standard InChI is InChI=1S/C45H23B5N4O/c46-38-37(39(47)41(49)42(50)40(38)48)45-52-43(25-11-5-2-6-12-25)51-44(53-45)27-16-19-31-32-20-17-28(23-36(32)55-35(31)22-27)54-33-14-8-7-13-29(33)30-18-15-26(21-34(30)54)24-9-3-1-4-10-24/h1-23H. The Balaban J connectivity index is 1.13. The number of nitrogens with zero attached hydrogens (tertiary/aromatic N) is 4. The Hall–Kier alpha value is -6.53. The monoisotopic (exact) mass is 690 g/mol. The minimum absolute atomic E-state index is 0.116. The van der Waals surface area contributed by atoms with Crippen LogP contribution < -0.4 is 27.3 Å². The van der Waals surface area contributed by atoms with Crippen molar-refractivity contribution in [1.82, 2.24) is 19.5 Å². The van der Waals surface area contributed by atoms with E-state index in [1.165, 1.54) is 16.3 Å². The molecule has 10 aromatic rings. The van der Waals surface area contributed by atoms with Gasteiger partial charge in [-0.25, -0.2) is 15.0 Å². The lowest BCUT2D eigenvalue weighted by molar-refractivity contribution is 0.668. The van der Waals surface area contributed by atoms with Gasteiger partial charge in [-0.1, -0.05) is 108 Å². The van der Waals surface area contributed by atoms with Crippen molar-refractivity contribution in [3.05, 3.63) is 140 Å². The molecule has 3 heterocycles. The molecule has 0 atom stereocenters. The molecule has 244 valence electrons. The zero-order valence-electron chi connectivity index (χ0n) is 29.4. The first-order chi connectivity index (χ1) is 26.8. The summed E-state index contributed by atoms with van der Waals surface area (Å²) < 4.78 is 8.92. The van der Waals surface area contributed by atoms with E-state index in [0.29, 0.717) is 28.4 Å². The summed E-state index contributed by atoms with van der Waals surface area (Å²) in [6.45, 7) is 0. The van der Waals surface area contributed by atoms with E-state index in [2.05, 4.69) is 89.5 Å². The lowest BCUT2D eigenvalue weighted by atomic mass is 9.60. The van der Waals surface area contributed by atoms with E-state index in [-0.39, 0.29) is 33.1 Å². The molecule has 0 aliphatic rings. The van der Waals surface area contributed by atoms with Crippen molar-refractivity contribution in [2.24, 2.45) is 0 Å². The maximum absolute atomic E-state index is 6.61. The highest BCUT2D eigenvalue weighted by Crippen LogP contribution is 2.38. The average Bonchev–Trinajstić information content (AvgIpc) is 3.77. The molecule has 0 fully saturated rings. The first-order valence-electron chi connectivity index (χ1n) is 17.7.